The van der Waals surface area contributed by atoms with Gasteiger partial charge in [0.2, 0.25) is 5.91 Å². The number of nitrogens with two attached hydrogens (primary N) is 1. The molecule has 39 heavy (non-hydrogen) atoms. The van der Waals surface area contributed by atoms with E-state index in [1.54, 1.807) is 16.8 Å². The Kier molecular flexibility index (Phi) is 7.76. The summed E-state index contributed by atoms with van der Waals surface area (Å²) in [6, 6.07) is 4.11. The van der Waals surface area contributed by atoms with E-state index in [9.17, 15) is 28.4 Å². The molecule has 1 aromatic carbocycles. The maximum absolute atomic E-state index is 13.6. The second-order valence-electron chi connectivity index (χ2n) is 10.4. The van der Waals surface area contributed by atoms with Crippen molar-refractivity contribution >= 4 is 23.4 Å². The Morgan fingerprint density at radius 2 is 1.95 bits per heavy atom. The molecule has 2 aromatic rings. The first-order valence-electron chi connectivity index (χ1n) is 13.2. The predicted molar refractivity (Wildman–Crippen MR) is 135 cm³/mol. The first kappa shape index (κ1) is 27.3. The van der Waals surface area contributed by atoms with Gasteiger partial charge in [0.1, 0.15) is 6.54 Å². The van der Waals surface area contributed by atoms with Gasteiger partial charge in [0.15, 0.2) is 11.7 Å². The van der Waals surface area contributed by atoms with Gasteiger partial charge in [-0.05, 0) is 30.9 Å². The van der Waals surface area contributed by atoms with E-state index in [-0.39, 0.29) is 36.8 Å². The van der Waals surface area contributed by atoms with Crippen LogP contribution in [-0.2, 0) is 27.3 Å². The number of aromatic nitrogens is 2. The molecular weight excluding hydrogens is 514 g/mol. The molecule has 0 saturated carbocycles. The van der Waals surface area contributed by atoms with Crippen LogP contribution in [0.25, 0.3) is 0 Å². The van der Waals surface area contributed by atoms with Crippen molar-refractivity contribution in [3.8, 4) is 0 Å². The van der Waals surface area contributed by atoms with Gasteiger partial charge in [0.25, 0.3) is 12.3 Å². The molecule has 0 radical (unpaired) electrons. The minimum Gasteiger partial charge on any atom is -0.624 e. The lowest BCUT2D eigenvalue weighted by Gasteiger charge is -2.42. The van der Waals surface area contributed by atoms with Crippen molar-refractivity contribution < 1.29 is 32.5 Å². The van der Waals surface area contributed by atoms with Gasteiger partial charge in [-0.25, -0.2) is 13.6 Å². The molecule has 3 aliphatic rings. The van der Waals surface area contributed by atoms with Crippen LogP contribution in [0.3, 0.4) is 0 Å². The number of halogens is 2. The number of alkyl halides is 2. The summed E-state index contributed by atoms with van der Waals surface area (Å²) in [7, 11) is 0. The number of carbonyl (C=O) groups is 3. The van der Waals surface area contributed by atoms with Crippen molar-refractivity contribution in [2.75, 3.05) is 38.6 Å². The quantitative estimate of drug-likeness (QED) is 0.211. The van der Waals surface area contributed by atoms with Crippen molar-refractivity contribution in [2.24, 2.45) is 0 Å². The Hall–Kier alpha value is -3.26. The maximum Gasteiger partial charge on any atom is 0.347 e. The van der Waals surface area contributed by atoms with Gasteiger partial charge in [-0.3, -0.25) is 24.2 Å². The Morgan fingerprint density at radius 3 is 2.64 bits per heavy atom. The molecule has 11 nitrogen and oxygen atoms in total. The molecule has 2 atom stereocenters. The number of hydroxylamine groups is 3. The molecule has 0 aliphatic carbocycles. The number of nitrogen functional groups attached to an aromatic ring is 1. The molecule has 5 rings (SSSR count). The summed E-state index contributed by atoms with van der Waals surface area (Å²) in [5.41, 5.74) is 7.12. The van der Waals surface area contributed by atoms with Crippen LogP contribution in [0.5, 0.6) is 0 Å². The Labute approximate surface area is 224 Å². The second-order valence-corrected chi connectivity index (χ2v) is 10.4. The first-order chi connectivity index (χ1) is 18.7. The molecule has 2 unspecified atom stereocenters. The average molecular weight is 547 g/mol. The van der Waals surface area contributed by atoms with Crippen molar-refractivity contribution in [2.45, 2.75) is 57.2 Å². The summed E-state index contributed by atoms with van der Waals surface area (Å²) in [6.45, 7) is 3.07. The van der Waals surface area contributed by atoms with E-state index >= 15 is 0 Å². The van der Waals surface area contributed by atoms with Crippen LogP contribution in [0, 0.1) is 5.21 Å². The highest BCUT2D eigenvalue weighted by Crippen LogP contribution is 2.36. The van der Waals surface area contributed by atoms with Crippen LogP contribution < -0.4 is 11.1 Å². The van der Waals surface area contributed by atoms with Crippen molar-refractivity contribution in [1.29, 1.82) is 0 Å². The summed E-state index contributed by atoms with van der Waals surface area (Å²) in [6.07, 6.45) is 0.954. The fourth-order valence-corrected chi connectivity index (χ4v) is 5.76. The highest BCUT2D eigenvalue weighted by molar-refractivity contribution is 6.02. The fraction of sp³-hybridized carbons (Fsp3) is 0.538. The van der Waals surface area contributed by atoms with E-state index in [1.165, 1.54) is 6.20 Å². The number of hydrogen-bond donors (Lipinski definition) is 2. The van der Waals surface area contributed by atoms with Crippen LogP contribution in [0.15, 0.2) is 24.4 Å². The van der Waals surface area contributed by atoms with Crippen LogP contribution in [-0.4, -0.2) is 75.9 Å². The number of carbonyl (C=O) groups excluding carboxylic acids is 3. The predicted octanol–water partition coefficient (Wildman–Crippen LogP) is 2.07. The number of nitrogens with one attached hydrogen (secondary N) is 1. The minimum absolute atomic E-state index is 0.0186. The number of likely N-dealkylation sites (tertiary alicyclic amines) is 1. The Bertz CT molecular complexity index is 1260. The summed E-state index contributed by atoms with van der Waals surface area (Å²) in [5, 5.41) is 19.7. The fourth-order valence-electron chi connectivity index (χ4n) is 5.76. The van der Waals surface area contributed by atoms with Gasteiger partial charge >= 0.3 is 5.91 Å². The van der Waals surface area contributed by atoms with E-state index in [0.717, 1.165) is 38.0 Å². The first-order valence-corrected chi connectivity index (χ1v) is 13.2. The summed E-state index contributed by atoms with van der Waals surface area (Å²) in [5.74, 6) is -1.77. The number of amides is 3. The lowest BCUT2D eigenvalue weighted by atomic mass is 10.0. The normalized spacial score (nSPS) is 24.4. The molecule has 13 heteroatoms. The molecule has 3 aliphatic heterocycles. The maximum atomic E-state index is 13.6. The number of imide groups is 1. The number of benzene rings is 1. The minimum atomic E-state index is -2.69. The number of fused-ring (bicyclic) bond motifs is 1. The molecule has 2 fully saturated rings. The molecule has 0 spiro atoms. The number of rotatable bonds is 9. The third-order valence-electron chi connectivity index (χ3n) is 7.95. The highest BCUT2D eigenvalue weighted by atomic mass is 19.3. The van der Waals surface area contributed by atoms with Crippen LogP contribution in [0.2, 0.25) is 0 Å². The van der Waals surface area contributed by atoms with Gasteiger partial charge in [0, 0.05) is 44.2 Å². The average Bonchev–Trinajstić information content (AvgIpc) is 3.42. The van der Waals surface area contributed by atoms with Crippen molar-refractivity contribution in [1.82, 2.24) is 20.0 Å². The smallest absolute Gasteiger partial charge is 0.347 e. The molecule has 3 amide bonds. The molecule has 1 aromatic heterocycles. The van der Waals surface area contributed by atoms with Crippen molar-refractivity contribution in [3.05, 3.63) is 52.0 Å². The number of piperidine rings is 2. The molecule has 4 heterocycles. The SMILES string of the molecule is Nc1cn(C2CCN(CCOCCc3cccc4c3C[N+]([O-])(C3CCC(=O)NC3=O)C4=O)CC2)nc1C(F)F. The van der Waals surface area contributed by atoms with E-state index in [0.29, 0.717) is 30.8 Å². The molecule has 2 saturated heterocycles. The lowest BCUT2D eigenvalue weighted by molar-refractivity contribution is -0.825. The number of nitrogens with zero attached hydrogens (tertiary/aromatic N) is 4. The van der Waals surface area contributed by atoms with Crippen LogP contribution in [0.4, 0.5) is 14.5 Å². The monoisotopic (exact) mass is 546 g/mol. The van der Waals surface area contributed by atoms with Gasteiger partial charge in [-0.2, -0.15) is 5.10 Å². The van der Waals surface area contributed by atoms with E-state index in [1.807, 2.05) is 6.07 Å². The number of quaternary nitrogens is 1. The van der Waals surface area contributed by atoms with Gasteiger partial charge < -0.3 is 20.6 Å². The third kappa shape index (κ3) is 5.44. The third-order valence-corrected chi connectivity index (χ3v) is 7.95. The van der Waals surface area contributed by atoms with Crippen LogP contribution >= 0.6 is 0 Å². The molecule has 3 N–H and O–H groups in total. The van der Waals surface area contributed by atoms with E-state index in [4.69, 9.17) is 10.5 Å². The zero-order valence-corrected chi connectivity index (χ0v) is 21.5. The molecular formula is C26H32F2N6O5. The zero-order chi connectivity index (χ0) is 27.7. The Morgan fingerprint density at radius 1 is 1.18 bits per heavy atom. The standard InChI is InChI=1S/C26H32F2N6O5/c27-24(28)23-20(29)14-33(31-23)17-6-9-32(10-7-17)11-13-39-12-8-16-2-1-3-18-19(16)15-34(38,26(18)37)21-4-5-22(35)30-25(21)36/h1-3,14,17,21,24H,4-13,15,29H2,(H,30,35,36). The number of anilines is 1. The highest BCUT2D eigenvalue weighted by Gasteiger charge is 2.49. The molecule has 210 valence electrons. The largest absolute Gasteiger partial charge is 0.624 e. The summed E-state index contributed by atoms with van der Waals surface area (Å²) < 4.78 is 32.1. The van der Waals surface area contributed by atoms with Gasteiger partial charge in [-0.1, -0.05) is 12.1 Å². The van der Waals surface area contributed by atoms with E-state index in [2.05, 4.69) is 15.3 Å². The molecule has 0 bridgehead atoms. The summed E-state index contributed by atoms with van der Waals surface area (Å²) >= 11 is 0. The van der Waals surface area contributed by atoms with E-state index < -0.39 is 34.8 Å². The Balaban J connectivity index is 1.08. The zero-order valence-electron chi connectivity index (χ0n) is 21.5. The van der Waals surface area contributed by atoms with Crippen LogP contribution in [0.1, 0.15) is 65.3 Å². The second kappa shape index (κ2) is 11.1. The number of hydrogen-bond acceptors (Lipinski definition) is 8. The number of ether oxygens (including phenoxy) is 1. The topological polar surface area (TPSA) is 143 Å². The van der Waals surface area contributed by atoms with Gasteiger partial charge in [-0.15, -0.1) is 0 Å². The van der Waals surface area contributed by atoms with Crippen molar-refractivity contribution in [3.63, 3.8) is 0 Å². The summed E-state index contributed by atoms with van der Waals surface area (Å²) in [4.78, 5) is 39.1. The van der Waals surface area contributed by atoms with Gasteiger partial charge in [0.05, 0.1) is 30.5 Å². The lowest BCUT2D eigenvalue weighted by Crippen LogP contribution is -2.60.